The summed E-state index contributed by atoms with van der Waals surface area (Å²) in [5, 5.41) is 3.53. The van der Waals surface area contributed by atoms with Crippen molar-refractivity contribution >= 4 is 5.69 Å². The summed E-state index contributed by atoms with van der Waals surface area (Å²) in [4.78, 5) is 0. The third-order valence-corrected chi connectivity index (χ3v) is 4.25. The molecule has 0 aromatic heterocycles. The van der Waals surface area contributed by atoms with E-state index in [0.29, 0.717) is 12.0 Å². The molecule has 0 amide bonds. The summed E-state index contributed by atoms with van der Waals surface area (Å²) >= 11 is 0. The molecular formula is C15H22FN. The summed E-state index contributed by atoms with van der Waals surface area (Å²) in [6, 6.07) is 5.46. The van der Waals surface area contributed by atoms with Gasteiger partial charge < -0.3 is 5.32 Å². The van der Waals surface area contributed by atoms with Gasteiger partial charge in [0.2, 0.25) is 0 Å². The largest absolute Gasteiger partial charge is 0.382 e. The first kappa shape index (κ1) is 12.4. The van der Waals surface area contributed by atoms with Crippen LogP contribution in [0.5, 0.6) is 0 Å². The maximum absolute atomic E-state index is 13.2. The van der Waals surface area contributed by atoms with Gasteiger partial charge in [-0.2, -0.15) is 0 Å². The minimum atomic E-state index is -0.158. The Bertz CT molecular complexity index is 389. The van der Waals surface area contributed by atoms with Gasteiger partial charge in [0.1, 0.15) is 5.82 Å². The van der Waals surface area contributed by atoms with Crippen LogP contribution in [0.15, 0.2) is 18.2 Å². The van der Waals surface area contributed by atoms with E-state index >= 15 is 0 Å². The second kappa shape index (κ2) is 5.07. The Kier molecular flexibility index (Phi) is 3.70. The standard InChI is InChI=1S/C15H22FN/c1-10-5-4-6-14(12(10)3)17-15-9-13(16)8-7-11(15)2/h7-10,12,14,17H,4-6H2,1-3H3. The van der Waals surface area contributed by atoms with Gasteiger partial charge in [0.05, 0.1) is 0 Å². The number of rotatable bonds is 2. The second-order valence-electron chi connectivity index (χ2n) is 5.48. The summed E-state index contributed by atoms with van der Waals surface area (Å²) in [7, 11) is 0. The van der Waals surface area contributed by atoms with Crippen molar-refractivity contribution in [1.29, 1.82) is 0 Å². The van der Waals surface area contributed by atoms with Crippen molar-refractivity contribution in [3.63, 3.8) is 0 Å². The molecule has 2 rings (SSSR count). The highest BCUT2D eigenvalue weighted by atomic mass is 19.1. The topological polar surface area (TPSA) is 12.0 Å². The van der Waals surface area contributed by atoms with Crippen LogP contribution >= 0.6 is 0 Å². The van der Waals surface area contributed by atoms with Crippen molar-refractivity contribution in [3.05, 3.63) is 29.6 Å². The van der Waals surface area contributed by atoms with Crippen LogP contribution in [0.25, 0.3) is 0 Å². The van der Waals surface area contributed by atoms with E-state index in [2.05, 4.69) is 19.2 Å². The van der Waals surface area contributed by atoms with E-state index in [4.69, 9.17) is 0 Å². The highest BCUT2D eigenvalue weighted by Gasteiger charge is 2.27. The maximum atomic E-state index is 13.2. The molecule has 3 atom stereocenters. The number of benzene rings is 1. The van der Waals surface area contributed by atoms with Crippen molar-refractivity contribution in [2.75, 3.05) is 5.32 Å². The van der Waals surface area contributed by atoms with Gasteiger partial charge in [0.25, 0.3) is 0 Å². The van der Waals surface area contributed by atoms with Crippen LogP contribution in [0.1, 0.15) is 38.7 Å². The van der Waals surface area contributed by atoms with E-state index in [1.165, 1.54) is 25.3 Å². The van der Waals surface area contributed by atoms with Crippen LogP contribution < -0.4 is 5.32 Å². The van der Waals surface area contributed by atoms with Crippen LogP contribution in [0.3, 0.4) is 0 Å². The summed E-state index contributed by atoms with van der Waals surface area (Å²) < 4.78 is 13.2. The van der Waals surface area contributed by atoms with Crippen LogP contribution in [0.2, 0.25) is 0 Å². The van der Waals surface area contributed by atoms with E-state index in [1.807, 2.05) is 13.0 Å². The zero-order chi connectivity index (χ0) is 12.4. The van der Waals surface area contributed by atoms with Gasteiger partial charge in [-0.1, -0.05) is 32.8 Å². The molecule has 1 saturated carbocycles. The Morgan fingerprint density at radius 2 is 2.00 bits per heavy atom. The Hall–Kier alpha value is -1.05. The monoisotopic (exact) mass is 235 g/mol. The first-order chi connectivity index (χ1) is 8.08. The van der Waals surface area contributed by atoms with Crippen molar-refractivity contribution in [3.8, 4) is 0 Å². The van der Waals surface area contributed by atoms with Crippen LogP contribution in [-0.2, 0) is 0 Å². The lowest BCUT2D eigenvalue weighted by molar-refractivity contribution is 0.253. The molecule has 1 N–H and O–H groups in total. The normalized spacial score (nSPS) is 29.1. The molecule has 1 aliphatic rings. The first-order valence-electron chi connectivity index (χ1n) is 6.60. The summed E-state index contributed by atoms with van der Waals surface area (Å²) in [6.07, 6.45) is 3.79. The van der Waals surface area contributed by atoms with E-state index in [0.717, 1.165) is 17.2 Å². The molecule has 1 aromatic carbocycles. The van der Waals surface area contributed by atoms with Gasteiger partial charge in [0, 0.05) is 11.7 Å². The molecule has 1 fully saturated rings. The predicted molar refractivity (Wildman–Crippen MR) is 70.7 cm³/mol. The van der Waals surface area contributed by atoms with E-state index in [9.17, 15) is 4.39 Å². The van der Waals surface area contributed by atoms with Crippen molar-refractivity contribution < 1.29 is 4.39 Å². The zero-order valence-corrected chi connectivity index (χ0v) is 11.0. The van der Waals surface area contributed by atoms with Gasteiger partial charge in [-0.05, 0) is 42.9 Å². The minimum absolute atomic E-state index is 0.158. The quantitative estimate of drug-likeness (QED) is 0.802. The molecule has 0 radical (unpaired) electrons. The van der Waals surface area contributed by atoms with Gasteiger partial charge in [0.15, 0.2) is 0 Å². The van der Waals surface area contributed by atoms with E-state index < -0.39 is 0 Å². The summed E-state index contributed by atoms with van der Waals surface area (Å²) in [5.41, 5.74) is 2.08. The lowest BCUT2D eigenvalue weighted by Gasteiger charge is -2.35. The average Bonchev–Trinajstić information content (AvgIpc) is 2.30. The Morgan fingerprint density at radius 1 is 1.24 bits per heavy atom. The molecule has 0 aliphatic heterocycles. The molecule has 2 heteroatoms. The van der Waals surface area contributed by atoms with Crippen LogP contribution in [-0.4, -0.2) is 6.04 Å². The fraction of sp³-hybridized carbons (Fsp3) is 0.600. The lowest BCUT2D eigenvalue weighted by atomic mass is 9.78. The number of hydrogen-bond acceptors (Lipinski definition) is 1. The molecule has 3 unspecified atom stereocenters. The minimum Gasteiger partial charge on any atom is -0.382 e. The molecule has 94 valence electrons. The first-order valence-corrected chi connectivity index (χ1v) is 6.60. The van der Waals surface area contributed by atoms with Gasteiger partial charge in [-0.3, -0.25) is 0 Å². The molecule has 0 heterocycles. The number of anilines is 1. The molecule has 17 heavy (non-hydrogen) atoms. The molecule has 0 bridgehead atoms. The Morgan fingerprint density at radius 3 is 2.76 bits per heavy atom. The third kappa shape index (κ3) is 2.80. The van der Waals surface area contributed by atoms with Gasteiger partial charge >= 0.3 is 0 Å². The zero-order valence-electron chi connectivity index (χ0n) is 11.0. The lowest BCUT2D eigenvalue weighted by Crippen LogP contribution is -2.35. The highest BCUT2D eigenvalue weighted by molar-refractivity contribution is 5.51. The average molecular weight is 235 g/mol. The highest BCUT2D eigenvalue weighted by Crippen LogP contribution is 2.32. The van der Waals surface area contributed by atoms with Crippen molar-refractivity contribution in [2.45, 2.75) is 46.1 Å². The smallest absolute Gasteiger partial charge is 0.125 e. The molecule has 0 spiro atoms. The van der Waals surface area contributed by atoms with Crippen LogP contribution in [0, 0.1) is 24.6 Å². The summed E-state index contributed by atoms with van der Waals surface area (Å²) in [6.45, 7) is 6.64. The number of aryl methyl sites for hydroxylation is 1. The van der Waals surface area contributed by atoms with Crippen LogP contribution in [0.4, 0.5) is 10.1 Å². The van der Waals surface area contributed by atoms with Gasteiger partial charge in [-0.15, -0.1) is 0 Å². The van der Waals surface area contributed by atoms with Crippen molar-refractivity contribution in [1.82, 2.24) is 0 Å². The number of nitrogens with one attached hydrogen (secondary N) is 1. The molecule has 0 saturated heterocycles. The third-order valence-electron chi connectivity index (χ3n) is 4.25. The Labute approximate surface area is 103 Å². The summed E-state index contributed by atoms with van der Waals surface area (Å²) in [5.74, 6) is 1.26. The fourth-order valence-electron chi connectivity index (χ4n) is 2.74. The van der Waals surface area contributed by atoms with Gasteiger partial charge in [-0.25, -0.2) is 4.39 Å². The fourth-order valence-corrected chi connectivity index (χ4v) is 2.74. The maximum Gasteiger partial charge on any atom is 0.125 e. The van der Waals surface area contributed by atoms with E-state index in [1.54, 1.807) is 6.07 Å². The number of halogens is 1. The molecular weight excluding hydrogens is 213 g/mol. The van der Waals surface area contributed by atoms with Crippen molar-refractivity contribution in [2.24, 2.45) is 11.8 Å². The molecule has 1 nitrogen and oxygen atoms in total. The number of hydrogen-bond donors (Lipinski definition) is 1. The molecule has 1 aliphatic carbocycles. The van der Waals surface area contributed by atoms with E-state index in [-0.39, 0.29) is 5.82 Å². The molecule has 1 aromatic rings. The Balaban J connectivity index is 2.11. The SMILES string of the molecule is Cc1ccc(F)cc1NC1CCCC(C)C1C. The second-order valence-corrected chi connectivity index (χ2v) is 5.48. The predicted octanol–water partition coefficient (Wildman–Crippen LogP) is 4.37.